The zero-order chi connectivity index (χ0) is 49.2. The fourth-order valence-corrected chi connectivity index (χ4v) is 5.39. The second-order valence-corrected chi connectivity index (χ2v) is 14.7. The van der Waals surface area contributed by atoms with E-state index in [0.29, 0.717) is 27.6 Å². The second-order valence-electron chi connectivity index (χ2n) is 14.3. The third-order valence-corrected chi connectivity index (χ3v) is 9.01. The number of halogens is 1. The molecule has 0 spiro atoms. The monoisotopic (exact) mass is 917 g/mol. The van der Waals surface area contributed by atoms with E-state index in [0.717, 1.165) is 40.1 Å². The lowest BCUT2D eigenvalue weighted by atomic mass is 10.2. The molecule has 0 bridgehead atoms. The zero-order valence-corrected chi connectivity index (χ0v) is 39.4. The van der Waals surface area contributed by atoms with Crippen molar-refractivity contribution in [2.24, 2.45) is 0 Å². The Labute approximate surface area is 400 Å². The number of H-pyrrole nitrogens is 1. The zero-order valence-electron chi connectivity index (χ0n) is 38.6. The fourth-order valence-electron chi connectivity index (χ4n) is 5.25. The van der Waals surface area contributed by atoms with Crippen molar-refractivity contribution < 1.29 is 9.53 Å². The van der Waals surface area contributed by atoms with Crippen LogP contribution in [0.2, 0.25) is 5.02 Å². The van der Waals surface area contributed by atoms with Gasteiger partial charge in [-0.25, -0.2) is 4.79 Å². The molecule has 0 aliphatic rings. The highest BCUT2D eigenvalue weighted by Gasteiger charge is 2.03. The molecule has 9 rings (SSSR count). The number of para-hydroxylation sites is 2. The van der Waals surface area contributed by atoms with E-state index in [1.54, 1.807) is 60.9 Å². The van der Waals surface area contributed by atoms with E-state index < -0.39 is 0 Å². The number of carbonyl (C=O) groups is 1. The van der Waals surface area contributed by atoms with Crippen molar-refractivity contribution in [1.82, 2.24) is 9.97 Å². The van der Waals surface area contributed by atoms with E-state index in [2.05, 4.69) is 45.9 Å². The van der Waals surface area contributed by atoms with Gasteiger partial charge in [0.25, 0.3) is 0 Å². The summed E-state index contributed by atoms with van der Waals surface area (Å²) in [4.78, 5) is 17.7. The highest BCUT2D eigenvalue weighted by Crippen LogP contribution is 2.18. The van der Waals surface area contributed by atoms with E-state index >= 15 is 0 Å². The number of anilines is 7. The number of hydrogen-bond acceptors (Lipinski definition) is 10. The maximum absolute atomic E-state index is 10.9. The summed E-state index contributed by atoms with van der Waals surface area (Å²) in [5, 5.41) is 1.72. The van der Waals surface area contributed by atoms with Gasteiger partial charge in [-0.1, -0.05) is 116 Å². The summed E-state index contributed by atoms with van der Waals surface area (Å²) in [5.41, 5.74) is 48.7. The molecule has 348 valence electrons. The van der Waals surface area contributed by atoms with Gasteiger partial charge in [0.15, 0.2) is 0 Å². The first-order chi connectivity index (χ1) is 32.2. The number of ether oxygens (including phenoxy) is 1. The van der Waals surface area contributed by atoms with E-state index in [4.69, 9.17) is 51.7 Å². The van der Waals surface area contributed by atoms with E-state index in [1.807, 2.05) is 141 Å². The maximum atomic E-state index is 10.9. The van der Waals surface area contributed by atoms with Gasteiger partial charge in [-0.2, -0.15) is 0 Å². The standard InChI is InChI=1S/C8H8N2.C8H9NO2.C8H10.2C7H9N.C6H6ClN.C6H7N.C5H6N2/c9-7-2-1-3-8-6(7)4-5-10-8;1-11-8(10)6-3-2-4-7(9)5-6;1-2-8-6-4-3-5-7-8;2*1-6-3-2-4-7(8)5-6;7-5-3-1-2-4-6(5)8;7-6-4-2-1-3-5-6;6-5-2-1-3-7-4-5/h1-5,10H,9H2;2-5H,9H2,1H3;3-7H,2H2,1H3;2*2-5H,8H2,1H3;1-4H,8H2;1-5H,7H2;1-4H,6H2. The van der Waals surface area contributed by atoms with Crippen LogP contribution in [0.25, 0.3) is 10.9 Å². The Morgan fingerprint density at radius 3 is 1.40 bits per heavy atom. The number of aryl methyl sites for hydroxylation is 3. The first-order valence-corrected chi connectivity index (χ1v) is 21.5. The van der Waals surface area contributed by atoms with Crippen LogP contribution in [0.4, 0.5) is 39.8 Å². The average molecular weight is 919 g/mol. The number of nitrogens with one attached hydrogen (secondary N) is 1. The van der Waals surface area contributed by atoms with E-state index in [1.165, 1.54) is 23.8 Å². The van der Waals surface area contributed by atoms with Crippen molar-refractivity contribution in [2.75, 3.05) is 47.2 Å². The number of hydrogen-bond donors (Lipinski definition) is 8. The Kier molecular flexibility index (Phi) is 26.4. The topological polar surface area (TPSA) is 237 Å². The SMILES string of the molecule is CCc1ccccc1.COC(=O)c1cccc(N)c1.Cc1cccc(N)c1.Cc1cccc(N)c1.Nc1cccc2[nH]ccc12.Nc1ccccc1.Nc1ccccc1Cl.Nc1cccnc1. The number of fused-ring (bicyclic) bond motifs is 1. The third kappa shape index (κ3) is 24.9. The van der Waals surface area contributed by atoms with Gasteiger partial charge in [-0.15, -0.1) is 0 Å². The Morgan fingerprint density at radius 2 is 1.03 bits per heavy atom. The third-order valence-electron chi connectivity index (χ3n) is 8.66. The number of rotatable bonds is 2. The molecule has 2 aromatic heterocycles. The minimum absolute atomic E-state index is 0.364. The van der Waals surface area contributed by atoms with Crippen LogP contribution in [0.5, 0.6) is 0 Å². The molecule has 0 saturated carbocycles. The fraction of sp³-hybridized carbons (Fsp3) is 0.0909. The Bertz CT molecular complexity index is 2560. The molecule has 0 aliphatic carbocycles. The van der Waals surface area contributed by atoms with E-state index in [9.17, 15) is 4.79 Å². The molecule has 0 atom stereocenters. The van der Waals surface area contributed by atoms with Crippen LogP contribution in [0.1, 0.15) is 34.0 Å². The number of aromatic nitrogens is 2. The number of nitrogens with zero attached hydrogens (tertiary/aromatic N) is 1. The molecule has 2 heterocycles. The lowest BCUT2D eigenvalue weighted by Crippen LogP contribution is -2.01. The van der Waals surface area contributed by atoms with Gasteiger partial charge in [0.05, 0.1) is 29.1 Å². The lowest BCUT2D eigenvalue weighted by molar-refractivity contribution is 0.0600. The van der Waals surface area contributed by atoms with Crippen LogP contribution in [-0.2, 0) is 11.2 Å². The number of aromatic amines is 1. The minimum atomic E-state index is -0.364. The van der Waals surface area contributed by atoms with Crippen molar-refractivity contribution in [2.45, 2.75) is 27.2 Å². The Balaban J connectivity index is 0.000000264. The number of carbonyl (C=O) groups excluding carboxylic acids is 1. The van der Waals surface area contributed by atoms with Crippen LogP contribution in [0.15, 0.2) is 213 Å². The molecule has 0 saturated heterocycles. The normalized spacial score (nSPS) is 9.21. The van der Waals surface area contributed by atoms with Gasteiger partial charge in [0, 0.05) is 57.9 Å². The Hall–Kier alpha value is -8.41. The molecule has 0 radical (unpaired) electrons. The van der Waals surface area contributed by atoms with Gasteiger partial charge >= 0.3 is 5.97 Å². The van der Waals surface area contributed by atoms with Gasteiger partial charge in [-0.3, -0.25) is 4.98 Å². The summed E-state index contributed by atoms with van der Waals surface area (Å²) in [5.74, 6) is -0.364. The van der Waals surface area contributed by atoms with Crippen molar-refractivity contribution in [3.63, 3.8) is 0 Å². The van der Waals surface area contributed by atoms with Crippen LogP contribution in [0, 0.1) is 13.8 Å². The summed E-state index contributed by atoms with van der Waals surface area (Å²) >= 11 is 5.58. The molecule has 0 fully saturated rings. The number of pyridine rings is 1. The number of nitrogens with two attached hydrogens (primary N) is 7. The molecular weight excluding hydrogens is 854 g/mol. The molecule has 0 aliphatic heterocycles. The predicted octanol–water partition coefficient (Wildman–Crippen LogP) is 12.1. The van der Waals surface area contributed by atoms with Crippen LogP contribution in [0.3, 0.4) is 0 Å². The largest absolute Gasteiger partial charge is 0.465 e. The molecule has 0 unspecified atom stereocenters. The predicted molar refractivity (Wildman–Crippen MR) is 287 cm³/mol. The quantitative estimate of drug-likeness (QED) is 0.0603. The smallest absolute Gasteiger partial charge is 0.337 e. The van der Waals surface area contributed by atoms with Crippen LogP contribution < -0.4 is 40.1 Å². The van der Waals surface area contributed by atoms with Crippen molar-refractivity contribution in [3.8, 4) is 0 Å². The lowest BCUT2D eigenvalue weighted by Gasteiger charge is -1.98. The minimum Gasteiger partial charge on any atom is -0.465 e. The van der Waals surface area contributed by atoms with Crippen molar-refractivity contribution >= 4 is 68.3 Å². The van der Waals surface area contributed by atoms with Crippen molar-refractivity contribution in [1.29, 1.82) is 0 Å². The van der Waals surface area contributed by atoms with Crippen LogP contribution >= 0.6 is 11.6 Å². The highest BCUT2D eigenvalue weighted by molar-refractivity contribution is 6.33. The van der Waals surface area contributed by atoms with E-state index in [-0.39, 0.29) is 5.97 Å². The van der Waals surface area contributed by atoms with Crippen LogP contribution in [-0.4, -0.2) is 23.0 Å². The Morgan fingerprint density at radius 1 is 0.537 bits per heavy atom. The maximum Gasteiger partial charge on any atom is 0.337 e. The molecular formula is C55H64ClN9O2. The summed E-state index contributed by atoms with van der Waals surface area (Å²) in [6, 6.07) is 60.8. The highest BCUT2D eigenvalue weighted by atomic mass is 35.5. The summed E-state index contributed by atoms with van der Waals surface area (Å²) in [6.45, 7) is 6.21. The first kappa shape index (κ1) is 54.7. The number of nitrogen functional groups attached to an aromatic ring is 7. The summed E-state index contributed by atoms with van der Waals surface area (Å²) in [7, 11) is 1.34. The molecule has 11 nitrogen and oxygen atoms in total. The molecule has 15 N–H and O–H groups in total. The van der Waals surface area contributed by atoms with Gasteiger partial charge < -0.3 is 49.9 Å². The van der Waals surface area contributed by atoms with Gasteiger partial charge in [-0.05, 0) is 134 Å². The molecule has 67 heavy (non-hydrogen) atoms. The van der Waals surface area contributed by atoms with Gasteiger partial charge in [0.1, 0.15) is 0 Å². The van der Waals surface area contributed by atoms with Gasteiger partial charge in [0.2, 0.25) is 0 Å². The number of benzene rings is 7. The number of methoxy groups -OCH3 is 1. The summed E-state index contributed by atoms with van der Waals surface area (Å²) in [6.07, 6.45) is 6.33. The number of esters is 1. The molecule has 0 amide bonds. The van der Waals surface area contributed by atoms with Crippen molar-refractivity contribution in [3.05, 3.63) is 240 Å². The molecule has 12 heteroatoms. The second kappa shape index (κ2) is 32.3. The average Bonchev–Trinajstić information content (AvgIpc) is 3.83. The molecule has 7 aromatic carbocycles. The molecule has 9 aromatic rings. The first-order valence-electron chi connectivity index (χ1n) is 21.1. The summed E-state index contributed by atoms with van der Waals surface area (Å²) < 4.78 is 4.50.